The lowest BCUT2D eigenvalue weighted by molar-refractivity contribution is -0.132. The number of hydrogen-bond acceptors (Lipinski definition) is 6. The fourth-order valence-electron chi connectivity index (χ4n) is 2.60. The Balaban J connectivity index is 4.94. The highest BCUT2D eigenvalue weighted by Gasteiger charge is 2.25. The molecule has 0 aromatic carbocycles. The lowest BCUT2D eigenvalue weighted by Crippen LogP contribution is -2.54. The molecule has 0 aromatic heterocycles. The molecule has 0 saturated carbocycles. The van der Waals surface area contributed by atoms with Gasteiger partial charge in [0.25, 0.3) is 0 Å². The number of hydrogen-bond donors (Lipinski definition) is 6. The maximum atomic E-state index is 12.4. The largest absolute Gasteiger partial charge is 0.390 e. The standard InChI is InChI=1S/C19H35N7O5/c1-11(2)8-15(25-13(4)27)18(30)23-9-16(28)26-14(6-5-7-22-10-20)19(31)24-12(3)17(21)29/h10-12,14-15H,5-9H2,1-4H3,(H2,20,22)(H2,21,29)(H,23,30)(H,24,31)(H,25,27)(H,26,28)/t12-,14?,15-/m0/s1. The van der Waals surface area contributed by atoms with Crippen molar-refractivity contribution >= 4 is 35.9 Å². The molecule has 5 amide bonds. The lowest BCUT2D eigenvalue weighted by Gasteiger charge is -2.21. The average molecular weight is 442 g/mol. The fraction of sp³-hybridized carbons (Fsp3) is 0.684. The zero-order valence-corrected chi connectivity index (χ0v) is 18.6. The minimum Gasteiger partial charge on any atom is -0.390 e. The van der Waals surface area contributed by atoms with Crippen LogP contribution in [0.5, 0.6) is 0 Å². The minimum absolute atomic E-state index is 0.146. The molecule has 8 N–H and O–H groups in total. The molecule has 0 radical (unpaired) electrons. The molecule has 0 bridgehead atoms. The predicted octanol–water partition coefficient (Wildman–Crippen LogP) is -2.10. The van der Waals surface area contributed by atoms with Crippen LogP contribution in [0.2, 0.25) is 0 Å². The van der Waals surface area contributed by atoms with Crippen molar-refractivity contribution in [1.82, 2.24) is 21.3 Å². The van der Waals surface area contributed by atoms with Crippen LogP contribution in [-0.4, -0.2) is 67.1 Å². The summed E-state index contributed by atoms with van der Waals surface area (Å²) in [5.74, 6) is -2.61. The van der Waals surface area contributed by atoms with Gasteiger partial charge in [-0.1, -0.05) is 13.8 Å². The normalized spacial score (nSPS) is 13.8. The van der Waals surface area contributed by atoms with E-state index in [2.05, 4.69) is 26.3 Å². The maximum Gasteiger partial charge on any atom is 0.243 e. The first kappa shape index (κ1) is 27.8. The van der Waals surface area contributed by atoms with Crippen LogP contribution in [0, 0.1) is 5.92 Å². The van der Waals surface area contributed by atoms with E-state index >= 15 is 0 Å². The molecule has 0 spiro atoms. The molecule has 0 aliphatic heterocycles. The van der Waals surface area contributed by atoms with Crippen LogP contribution in [0.1, 0.15) is 47.0 Å². The van der Waals surface area contributed by atoms with Gasteiger partial charge in [-0.15, -0.1) is 0 Å². The van der Waals surface area contributed by atoms with Crippen molar-refractivity contribution in [3.05, 3.63) is 0 Å². The summed E-state index contributed by atoms with van der Waals surface area (Å²) in [5.41, 5.74) is 10.3. The first-order valence-corrected chi connectivity index (χ1v) is 10.1. The molecule has 0 fully saturated rings. The number of aliphatic imine (C=N–C) groups is 1. The van der Waals surface area contributed by atoms with Gasteiger partial charge in [-0.2, -0.15) is 0 Å². The zero-order valence-electron chi connectivity index (χ0n) is 18.6. The number of nitrogens with one attached hydrogen (secondary N) is 4. The second kappa shape index (κ2) is 14.7. The summed E-state index contributed by atoms with van der Waals surface area (Å²) in [6.07, 6.45) is 2.23. The number of amides is 5. The zero-order chi connectivity index (χ0) is 24.0. The van der Waals surface area contributed by atoms with Crippen LogP contribution in [0.15, 0.2) is 4.99 Å². The first-order chi connectivity index (χ1) is 14.5. The summed E-state index contributed by atoms with van der Waals surface area (Å²) >= 11 is 0. The highest BCUT2D eigenvalue weighted by molar-refractivity contribution is 5.93. The molecular formula is C19H35N7O5. The Bertz CT molecular complexity index is 666. The molecule has 0 aliphatic carbocycles. The van der Waals surface area contributed by atoms with Gasteiger partial charge in [0.15, 0.2) is 0 Å². The van der Waals surface area contributed by atoms with Gasteiger partial charge in [0, 0.05) is 13.5 Å². The van der Waals surface area contributed by atoms with Gasteiger partial charge in [0.2, 0.25) is 29.5 Å². The van der Waals surface area contributed by atoms with Gasteiger partial charge in [-0.05, 0) is 32.1 Å². The smallest absolute Gasteiger partial charge is 0.243 e. The molecule has 12 heteroatoms. The second-order valence-corrected chi connectivity index (χ2v) is 7.55. The van der Waals surface area contributed by atoms with Crippen LogP contribution in [0.3, 0.4) is 0 Å². The Hall–Kier alpha value is -3.18. The van der Waals surface area contributed by atoms with Gasteiger partial charge in [0.05, 0.1) is 12.9 Å². The molecule has 0 aromatic rings. The average Bonchev–Trinajstić information content (AvgIpc) is 2.66. The summed E-state index contributed by atoms with van der Waals surface area (Å²) in [5, 5.41) is 9.96. The van der Waals surface area contributed by atoms with Crippen molar-refractivity contribution in [2.24, 2.45) is 22.4 Å². The summed E-state index contributed by atoms with van der Waals surface area (Å²) in [6.45, 7) is 6.50. The number of rotatable bonds is 14. The maximum absolute atomic E-state index is 12.4. The van der Waals surface area contributed by atoms with Crippen molar-refractivity contribution in [2.45, 2.75) is 65.1 Å². The van der Waals surface area contributed by atoms with E-state index in [1.54, 1.807) is 0 Å². The Kier molecular flexibility index (Phi) is 13.2. The van der Waals surface area contributed by atoms with Crippen LogP contribution in [0.4, 0.5) is 0 Å². The molecule has 3 atom stereocenters. The third-order valence-electron chi connectivity index (χ3n) is 4.15. The summed E-state index contributed by atoms with van der Waals surface area (Å²) in [6, 6.07) is -2.64. The molecule has 12 nitrogen and oxygen atoms in total. The molecule has 0 aliphatic rings. The van der Waals surface area contributed by atoms with E-state index in [1.807, 2.05) is 13.8 Å². The van der Waals surface area contributed by atoms with Crippen molar-refractivity contribution in [2.75, 3.05) is 13.1 Å². The van der Waals surface area contributed by atoms with Crippen molar-refractivity contribution in [1.29, 1.82) is 0 Å². The SMILES string of the molecule is CC(=O)N[C@@H](CC(C)C)C(=O)NCC(=O)NC(CCCN=CN)C(=O)N[C@@H](C)C(N)=O. The number of carbonyl (C=O) groups excluding carboxylic acids is 5. The van der Waals surface area contributed by atoms with E-state index in [1.165, 1.54) is 13.8 Å². The Labute approximate surface area is 182 Å². The number of primary amides is 1. The topological polar surface area (TPSA) is 198 Å². The molecule has 1 unspecified atom stereocenters. The molecule has 176 valence electrons. The Morgan fingerprint density at radius 1 is 0.968 bits per heavy atom. The summed E-state index contributed by atoms with van der Waals surface area (Å²) in [4.78, 5) is 63.4. The summed E-state index contributed by atoms with van der Waals surface area (Å²) < 4.78 is 0. The van der Waals surface area contributed by atoms with Crippen LogP contribution in [0.25, 0.3) is 0 Å². The molecular weight excluding hydrogens is 406 g/mol. The van der Waals surface area contributed by atoms with Gasteiger partial charge in [0.1, 0.15) is 18.1 Å². The predicted molar refractivity (Wildman–Crippen MR) is 116 cm³/mol. The highest BCUT2D eigenvalue weighted by atomic mass is 16.2. The van der Waals surface area contributed by atoms with Gasteiger partial charge in [-0.25, -0.2) is 0 Å². The van der Waals surface area contributed by atoms with Crippen molar-refractivity contribution < 1.29 is 24.0 Å². The van der Waals surface area contributed by atoms with Gasteiger partial charge < -0.3 is 32.7 Å². The van der Waals surface area contributed by atoms with E-state index in [-0.39, 0.29) is 24.8 Å². The number of nitrogens with two attached hydrogens (primary N) is 2. The second-order valence-electron chi connectivity index (χ2n) is 7.55. The third kappa shape index (κ3) is 12.9. The van der Waals surface area contributed by atoms with Gasteiger partial charge in [-0.3, -0.25) is 29.0 Å². The van der Waals surface area contributed by atoms with E-state index < -0.39 is 41.8 Å². The fourth-order valence-corrected chi connectivity index (χ4v) is 2.60. The van der Waals surface area contributed by atoms with Crippen molar-refractivity contribution in [3.63, 3.8) is 0 Å². The van der Waals surface area contributed by atoms with E-state index in [0.29, 0.717) is 19.4 Å². The third-order valence-corrected chi connectivity index (χ3v) is 4.15. The summed E-state index contributed by atoms with van der Waals surface area (Å²) in [7, 11) is 0. The van der Waals surface area contributed by atoms with Crippen LogP contribution in [-0.2, 0) is 24.0 Å². The van der Waals surface area contributed by atoms with E-state index in [9.17, 15) is 24.0 Å². The first-order valence-electron chi connectivity index (χ1n) is 10.1. The monoisotopic (exact) mass is 441 g/mol. The lowest BCUT2D eigenvalue weighted by atomic mass is 10.0. The minimum atomic E-state index is -0.957. The van der Waals surface area contributed by atoms with Crippen molar-refractivity contribution in [3.8, 4) is 0 Å². The van der Waals surface area contributed by atoms with E-state index in [0.717, 1.165) is 6.34 Å². The van der Waals surface area contributed by atoms with Crippen LogP contribution >= 0.6 is 0 Å². The van der Waals surface area contributed by atoms with Gasteiger partial charge >= 0.3 is 0 Å². The molecule has 31 heavy (non-hydrogen) atoms. The van der Waals surface area contributed by atoms with E-state index in [4.69, 9.17) is 11.5 Å². The number of carbonyl (C=O) groups is 5. The molecule has 0 heterocycles. The highest BCUT2D eigenvalue weighted by Crippen LogP contribution is 2.05. The quantitative estimate of drug-likeness (QED) is 0.101. The molecule has 0 rings (SSSR count). The Morgan fingerprint density at radius 3 is 2.13 bits per heavy atom. The van der Waals surface area contributed by atoms with Crippen LogP contribution < -0.4 is 32.7 Å². The Morgan fingerprint density at radius 2 is 1.61 bits per heavy atom. The molecule has 0 saturated heterocycles. The number of nitrogens with zero attached hydrogens (tertiary/aromatic N) is 1.